The van der Waals surface area contributed by atoms with Gasteiger partial charge < -0.3 is 45.1 Å². The molecule has 1 heterocycles. The van der Waals surface area contributed by atoms with Crippen LogP contribution < -0.4 is 5.32 Å². The van der Waals surface area contributed by atoms with Crippen molar-refractivity contribution in [2.75, 3.05) is 13.2 Å². The fourth-order valence-electron chi connectivity index (χ4n) is 9.83. The molecule has 1 aliphatic heterocycles. The molecule has 466 valence electrons. The summed E-state index contributed by atoms with van der Waals surface area (Å²) in [6.07, 6.45) is 65.9. The first kappa shape index (κ1) is 75.6. The lowest BCUT2D eigenvalue weighted by molar-refractivity contribution is -0.305. The van der Waals surface area contributed by atoms with Crippen LogP contribution in [0.4, 0.5) is 0 Å². The molecule has 0 bridgehead atoms. The van der Waals surface area contributed by atoms with E-state index in [-0.39, 0.29) is 19.4 Å². The fourth-order valence-corrected chi connectivity index (χ4v) is 9.83. The normalized spacial score (nSPS) is 19.3. The lowest BCUT2D eigenvalue weighted by Gasteiger charge is -2.41. The molecule has 1 rings (SSSR count). The molecule has 0 aromatic carbocycles. The number of rotatable bonds is 55. The maximum atomic E-state index is 13.4. The molecule has 0 saturated carbocycles. The number of nitrogens with one attached hydrogen (secondary N) is 1. The van der Waals surface area contributed by atoms with Crippen LogP contribution in [0.1, 0.15) is 271 Å². The fraction of sp³-hybridized carbons (Fsp3) is 0.743. The van der Waals surface area contributed by atoms with Crippen LogP contribution in [-0.4, -0.2) is 99.6 Å². The number of allylic oxidation sites excluding steroid dienone is 15. The number of unbranched alkanes of at least 4 members (excludes halogenated alkanes) is 27. The molecule has 1 saturated heterocycles. The molecule has 8 unspecified atom stereocenters. The number of carbonyl (C=O) groups excluding carboxylic acids is 2. The highest BCUT2D eigenvalue weighted by molar-refractivity contribution is 5.80. The topological polar surface area (TPSA) is 175 Å². The number of esters is 1. The molecule has 1 fully saturated rings. The summed E-state index contributed by atoms with van der Waals surface area (Å²) in [4.78, 5) is 26.6. The molecule has 6 N–H and O–H groups in total. The van der Waals surface area contributed by atoms with Crippen LogP contribution >= 0.6 is 0 Å². The van der Waals surface area contributed by atoms with E-state index in [4.69, 9.17) is 14.2 Å². The number of carbonyl (C=O) groups is 2. The van der Waals surface area contributed by atoms with Crippen LogP contribution in [0.25, 0.3) is 0 Å². The monoisotopic (exact) mass is 1140 g/mol. The van der Waals surface area contributed by atoms with Crippen LogP contribution in [0.15, 0.2) is 97.2 Å². The van der Waals surface area contributed by atoms with Gasteiger partial charge in [0.05, 0.1) is 25.4 Å². The lowest BCUT2D eigenvalue weighted by atomic mass is 9.99. The predicted octanol–water partition coefficient (Wildman–Crippen LogP) is 16.3. The van der Waals surface area contributed by atoms with Crippen LogP contribution in [0.5, 0.6) is 0 Å². The van der Waals surface area contributed by atoms with E-state index in [1.54, 1.807) is 6.08 Å². The highest BCUT2D eigenvalue weighted by atomic mass is 16.7. The molecule has 0 radical (unpaired) electrons. The smallest absolute Gasteiger partial charge is 0.306 e. The Labute approximate surface area is 495 Å². The van der Waals surface area contributed by atoms with Crippen molar-refractivity contribution in [1.29, 1.82) is 0 Å². The summed E-state index contributed by atoms with van der Waals surface area (Å²) in [5, 5.41) is 57.0. The zero-order valence-electron chi connectivity index (χ0n) is 51.6. The van der Waals surface area contributed by atoms with Gasteiger partial charge in [0.15, 0.2) is 12.4 Å². The van der Waals surface area contributed by atoms with Crippen molar-refractivity contribution in [2.24, 2.45) is 0 Å². The highest BCUT2D eigenvalue weighted by Gasteiger charge is 2.47. The maximum Gasteiger partial charge on any atom is 0.306 e. The van der Waals surface area contributed by atoms with Crippen molar-refractivity contribution < 1.29 is 49.3 Å². The van der Waals surface area contributed by atoms with Gasteiger partial charge in [0.25, 0.3) is 0 Å². The van der Waals surface area contributed by atoms with Gasteiger partial charge in [-0.1, -0.05) is 266 Å². The Balaban J connectivity index is 2.57. The van der Waals surface area contributed by atoms with E-state index in [1.807, 2.05) is 6.08 Å². The van der Waals surface area contributed by atoms with E-state index in [0.717, 1.165) is 128 Å². The average molecular weight is 1140 g/mol. The van der Waals surface area contributed by atoms with Crippen LogP contribution in [0, 0.1) is 0 Å². The van der Waals surface area contributed by atoms with E-state index < -0.39 is 67.4 Å². The summed E-state index contributed by atoms with van der Waals surface area (Å²) >= 11 is 0. The van der Waals surface area contributed by atoms with Gasteiger partial charge in [-0.05, 0) is 96.3 Å². The standard InChI is InChI=1S/C70H121NO10/c1-4-7-10-13-16-19-22-25-26-27-28-29-30-31-32-33-34-35-36-37-38-40-43-46-49-52-55-58-65(75)81-68-67(77)66(76)64(59-72)80-70(68)79-60-61(62(73)56-53-50-47-44-41-24-21-18-15-12-9-6-3)71-69(78)63(74)57-54-51-48-45-42-39-23-20-17-14-11-8-5-2/h7-8,10-11,16-17,19-20,25-26,28-29,31-32,53,56,61-64,66-68,70,72-74,76-77H,4-6,9,12-15,18,21-24,27,30,33-52,54-55,57-60H2,1-3H3,(H,71,78)/b10-7-,11-8+,19-16-,20-17+,26-25-,29-28-,32-31-,56-53+. The van der Waals surface area contributed by atoms with Gasteiger partial charge in [0.2, 0.25) is 5.91 Å². The number of ether oxygens (including phenoxy) is 3. The first-order chi connectivity index (χ1) is 39.7. The van der Waals surface area contributed by atoms with Gasteiger partial charge in [0, 0.05) is 6.42 Å². The first-order valence-corrected chi connectivity index (χ1v) is 33.0. The summed E-state index contributed by atoms with van der Waals surface area (Å²) in [6, 6.07) is -1.03. The molecule has 11 nitrogen and oxygen atoms in total. The zero-order valence-corrected chi connectivity index (χ0v) is 51.6. The maximum absolute atomic E-state index is 13.4. The van der Waals surface area contributed by atoms with Crippen molar-refractivity contribution in [3.63, 3.8) is 0 Å². The molecule has 1 aliphatic rings. The third-order valence-corrected chi connectivity index (χ3v) is 15.0. The summed E-state index contributed by atoms with van der Waals surface area (Å²) in [5.41, 5.74) is 0. The Morgan fingerprint density at radius 3 is 1.33 bits per heavy atom. The molecule has 0 aromatic heterocycles. The molecular formula is C70H121NO10. The lowest BCUT2D eigenvalue weighted by Crippen LogP contribution is -2.61. The molecule has 0 spiro atoms. The Hall–Kier alpha value is -3.42. The highest BCUT2D eigenvalue weighted by Crippen LogP contribution is 2.26. The third-order valence-electron chi connectivity index (χ3n) is 15.0. The van der Waals surface area contributed by atoms with Gasteiger partial charge >= 0.3 is 5.97 Å². The number of hydrogen-bond donors (Lipinski definition) is 6. The minimum absolute atomic E-state index is 0.114. The minimum Gasteiger partial charge on any atom is -0.454 e. The zero-order chi connectivity index (χ0) is 58.9. The van der Waals surface area contributed by atoms with Crippen molar-refractivity contribution in [1.82, 2.24) is 5.32 Å². The first-order valence-electron chi connectivity index (χ1n) is 33.0. The second-order valence-corrected chi connectivity index (χ2v) is 22.4. The van der Waals surface area contributed by atoms with Crippen LogP contribution in [0.2, 0.25) is 0 Å². The summed E-state index contributed by atoms with van der Waals surface area (Å²) < 4.78 is 17.6. The van der Waals surface area contributed by atoms with Gasteiger partial charge in [-0.15, -0.1) is 0 Å². The number of aliphatic hydroxyl groups is 5. The molecule has 0 aliphatic carbocycles. The van der Waals surface area contributed by atoms with Crippen LogP contribution in [0.3, 0.4) is 0 Å². The summed E-state index contributed by atoms with van der Waals surface area (Å²) in [6.45, 7) is 5.56. The number of aliphatic hydroxyl groups excluding tert-OH is 5. The quantitative estimate of drug-likeness (QED) is 0.0195. The van der Waals surface area contributed by atoms with Crippen molar-refractivity contribution in [2.45, 2.75) is 320 Å². The van der Waals surface area contributed by atoms with E-state index in [2.05, 4.69) is 111 Å². The summed E-state index contributed by atoms with van der Waals surface area (Å²) in [5.74, 6) is -1.21. The Morgan fingerprint density at radius 1 is 0.494 bits per heavy atom. The largest absolute Gasteiger partial charge is 0.454 e. The molecule has 1 amide bonds. The molecule has 81 heavy (non-hydrogen) atoms. The van der Waals surface area contributed by atoms with Gasteiger partial charge in [-0.25, -0.2) is 0 Å². The SMILES string of the molecule is CC/C=C\C/C=C\C/C=C\C/C=C\C/C=C\CCCCCCCCCCCCCC(=O)OC1C(OCC(NC(=O)C(O)CCCCCCCC/C=C/C/C=C/CC)C(O)/C=C/CCCCCCCCCCCC)OC(CO)C(O)C1O. The van der Waals surface area contributed by atoms with Crippen LogP contribution in [-0.2, 0) is 23.8 Å². The number of amides is 1. The summed E-state index contributed by atoms with van der Waals surface area (Å²) in [7, 11) is 0. The molecular weight excluding hydrogens is 1010 g/mol. The molecule has 8 atom stereocenters. The van der Waals surface area contributed by atoms with Crippen molar-refractivity contribution in [3.05, 3.63) is 97.2 Å². The average Bonchev–Trinajstić information content (AvgIpc) is 3.51. The molecule has 0 aromatic rings. The predicted molar refractivity (Wildman–Crippen MR) is 338 cm³/mol. The van der Waals surface area contributed by atoms with Crippen molar-refractivity contribution >= 4 is 11.9 Å². The van der Waals surface area contributed by atoms with E-state index in [1.165, 1.54) is 96.3 Å². The van der Waals surface area contributed by atoms with E-state index >= 15 is 0 Å². The van der Waals surface area contributed by atoms with Crippen molar-refractivity contribution in [3.8, 4) is 0 Å². The van der Waals surface area contributed by atoms with E-state index in [9.17, 15) is 35.1 Å². The Kier molecular flexibility index (Phi) is 53.2. The van der Waals surface area contributed by atoms with Gasteiger partial charge in [-0.2, -0.15) is 0 Å². The van der Waals surface area contributed by atoms with Gasteiger partial charge in [0.1, 0.15) is 24.4 Å². The van der Waals surface area contributed by atoms with Gasteiger partial charge in [-0.3, -0.25) is 9.59 Å². The second-order valence-electron chi connectivity index (χ2n) is 22.4. The third kappa shape index (κ3) is 44.7. The minimum atomic E-state index is -1.62. The Bertz CT molecular complexity index is 1690. The van der Waals surface area contributed by atoms with E-state index in [0.29, 0.717) is 12.8 Å². The second kappa shape index (κ2) is 57.0. The number of hydrogen-bond acceptors (Lipinski definition) is 10. The molecule has 11 heteroatoms. The Morgan fingerprint density at radius 2 is 0.889 bits per heavy atom.